The standard InChI is InChI=1S/C9H11N3O3/c1-2-6-3-10-8(15-6)5-12-4-7(13)11-9(12)14/h3H,2,4-5H2,1H3,(H,11,13,14). The van der Waals surface area contributed by atoms with Crippen LogP contribution in [-0.4, -0.2) is 28.4 Å². The molecule has 2 heterocycles. The van der Waals surface area contributed by atoms with Gasteiger partial charge in [0.15, 0.2) is 0 Å². The molecule has 0 aliphatic carbocycles. The summed E-state index contributed by atoms with van der Waals surface area (Å²) in [6, 6.07) is -0.392. The molecule has 0 atom stereocenters. The van der Waals surface area contributed by atoms with E-state index < -0.39 is 6.03 Å². The lowest BCUT2D eigenvalue weighted by Crippen LogP contribution is -2.27. The first-order chi connectivity index (χ1) is 7.19. The largest absolute Gasteiger partial charge is 0.444 e. The lowest BCUT2D eigenvalue weighted by atomic mass is 10.4. The Morgan fingerprint density at radius 1 is 1.60 bits per heavy atom. The molecule has 0 bridgehead atoms. The predicted molar refractivity (Wildman–Crippen MR) is 49.8 cm³/mol. The van der Waals surface area contributed by atoms with Crippen LogP contribution in [0.5, 0.6) is 0 Å². The number of imide groups is 1. The molecule has 1 aromatic rings. The van der Waals surface area contributed by atoms with Crippen LogP contribution in [0.1, 0.15) is 18.6 Å². The molecule has 2 rings (SSSR count). The average Bonchev–Trinajstić information content (AvgIpc) is 2.75. The molecule has 80 valence electrons. The number of hydrogen-bond donors (Lipinski definition) is 1. The highest BCUT2D eigenvalue weighted by Crippen LogP contribution is 2.09. The van der Waals surface area contributed by atoms with Crippen molar-refractivity contribution in [1.82, 2.24) is 15.2 Å². The van der Waals surface area contributed by atoms with Crippen molar-refractivity contribution in [1.29, 1.82) is 0 Å². The van der Waals surface area contributed by atoms with Gasteiger partial charge in [-0.05, 0) is 0 Å². The maximum atomic E-state index is 11.2. The Morgan fingerprint density at radius 3 is 2.93 bits per heavy atom. The molecule has 0 radical (unpaired) electrons. The number of nitrogens with one attached hydrogen (secondary N) is 1. The Labute approximate surface area is 86.3 Å². The molecule has 15 heavy (non-hydrogen) atoms. The second kappa shape index (κ2) is 3.72. The van der Waals surface area contributed by atoms with Crippen molar-refractivity contribution in [2.75, 3.05) is 6.54 Å². The maximum Gasteiger partial charge on any atom is 0.325 e. The van der Waals surface area contributed by atoms with Gasteiger partial charge in [-0.1, -0.05) is 6.92 Å². The van der Waals surface area contributed by atoms with E-state index in [1.54, 1.807) is 6.20 Å². The fourth-order valence-electron chi connectivity index (χ4n) is 1.36. The summed E-state index contributed by atoms with van der Waals surface area (Å²) in [5.41, 5.74) is 0. The molecular formula is C9H11N3O3. The fourth-order valence-corrected chi connectivity index (χ4v) is 1.36. The highest BCUT2D eigenvalue weighted by molar-refractivity contribution is 6.01. The molecule has 1 aliphatic heterocycles. The van der Waals surface area contributed by atoms with Crippen LogP contribution >= 0.6 is 0 Å². The van der Waals surface area contributed by atoms with Gasteiger partial charge in [0, 0.05) is 6.42 Å². The minimum absolute atomic E-state index is 0.0721. The number of aryl methyl sites for hydroxylation is 1. The summed E-state index contributed by atoms with van der Waals surface area (Å²) in [7, 11) is 0. The van der Waals surface area contributed by atoms with E-state index in [4.69, 9.17) is 4.42 Å². The highest BCUT2D eigenvalue weighted by Gasteiger charge is 2.27. The predicted octanol–water partition coefficient (Wildman–Crippen LogP) is 0.289. The number of urea groups is 1. The van der Waals surface area contributed by atoms with E-state index in [-0.39, 0.29) is 19.0 Å². The Hall–Kier alpha value is -1.85. The van der Waals surface area contributed by atoms with E-state index in [1.807, 2.05) is 6.92 Å². The van der Waals surface area contributed by atoms with E-state index in [0.717, 1.165) is 12.2 Å². The third kappa shape index (κ3) is 1.98. The zero-order valence-electron chi connectivity index (χ0n) is 8.32. The van der Waals surface area contributed by atoms with E-state index in [2.05, 4.69) is 10.3 Å². The van der Waals surface area contributed by atoms with Crippen molar-refractivity contribution in [2.24, 2.45) is 0 Å². The van der Waals surface area contributed by atoms with Crippen molar-refractivity contribution in [3.8, 4) is 0 Å². The number of carbonyl (C=O) groups excluding carboxylic acids is 2. The zero-order valence-corrected chi connectivity index (χ0v) is 8.32. The van der Waals surface area contributed by atoms with Gasteiger partial charge in [-0.2, -0.15) is 0 Å². The lowest BCUT2D eigenvalue weighted by molar-refractivity contribution is -0.118. The van der Waals surface area contributed by atoms with Gasteiger partial charge in [0.25, 0.3) is 0 Å². The van der Waals surface area contributed by atoms with Gasteiger partial charge in [0.05, 0.1) is 12.7 Å². The second-order valence-electron chi connectivity index (χ2n) is 3.28. The summed E-state index contributed by atoms with van der Waals surface area (Å²) in [5, 5.41) is 2.19. The van der Waals surface area contributed by atoms with Crippen molar-refractivity contribution in [3.05, 3.63) is 17.8 Å². The second-order valence-corrected chi connectivity index (χ2v) is 3.28. The molecule has 0 spiro atoms. The van der Waals surface area contributed by atoms with E-state index in [9.17, 15) is 9.59 Å². The monoisotopic (exact) mass is 209 g/mol. The summed E-state index contributed by atoms with van der Waals surface area (Å²) >= 11 is 0. The minimum Gasteiger partial charge on any atom is -0.444 e. The average molecular weight is 209 g/mol. The Morgan fingerprint density at radius 2 is 2.40 bits per heavy atom. The number of nitrogens with zero attached hydrogens (tertiary/aromatic N) is 2. The van der Waals surface area contributed by atoms with Crippen molar-refractivity contribution >= 4 is 11.9 Å². The van der Waals surface area contributed by atoms with Gasteiger partial charge in [-0.15, -0.1) is 0 Å². The van der Waals surface area contributed by atoms with Crippen LogP contribution in [0.3, 0.4) is 0 Å². The summed E-state index contributed by atoms with van der Waals surface area (Å²) < 4.78 is 5.33. The normalized spacial score (nSPS) is 15.9. The topological polar surface area (TPSA) is 75.4 Å². The molecule has 1 fully saturated rings. The summed E-state index contributed by atoms with van der Waals surface area (Å²) in [6.07, 6.45) is 2.39. The molecule has 1 aliphatic rings. The first-order valence-electron chi connectivity index (χ1n) is 4.71. The third-order valence-corrected chi connectivity index (χ3v) is 2.14. The molecule has 0 aromatic carbocycles. The van der Waals surface area contributed by atoms with Gasteiger partial charge in [0.2, 0.25) is 11.8 Å². The molecular weight excluding hydrogens is 198 g/mol. The first kappa shape index (κ1) is 9.70. The SMILES string of the molecule is CCc1cnc(CN2CC(=O)NC2=O)o1. The summed E-state index contributed by atoms with van der Waals surface area (Å²) in [5.74, 6) is 0.940. The van der Waals surface area contributed by atoms with Crippen molar-refractivity contribution in [2.45, 2.75) is 19.9 Å². The molecule has 1 aromatic heterocycles. The quantitative estimate of drug-likeness (QED) is 0.726. The Kier molecular flexibility index (Phi) is 2.40. The van der Waals surface area contributed by atoms with Crippen LogP contribution in [0.4, 0.5) is 4.79 Å². The molecule has 1 saturated heterocycles. The van der Waals surface area contributed by atoms with Gasteiger partial charge >= 0.3 is 6.03 Å². The van der Waals surface area contributed by atoms with E-state index in [0.29, 0.717) is 5.89 Å². The zero-order chi connectivity index (χ0) is 10.8. The fraction of sp³-hybridized carbons (Fsp3) is 0.444. The van der Waals surface area contributed by atoms with E-state index >= 15 is 0 Å². The molecule has 3 amide bonds. The number of hydrogen-bond acceptors (Lipinski definition) is 4. The number of amides is 3. The van der Waals surface area contributed by atoms with Crippen molar-refractivity contribution in [3.63, 3.8) is 0 Å². The van der Waals surface area contributed by atoms with Crippen LogP contribution in [0.25, 0.3) is 0 Å². The minimum atomic E-state index is -0.392. The molecule has 0 saturated carbocycles. The van der Waals surface area contributed by atoms with Crippen LogP contribution in [-0.2, 0) is 17.8 Å². The summed E-state index contributed by atoms with van der Waals surface area (Å²) in [4.78, 5) is 27.4. The number of carbonyl (C=O) groups is 2. The van der Waals surface area contributed by atoms with Crippen LogP contribution in [0.2, 0.25) is 0 Å². The summed E-state index contributed by atoms with van der Waals surface area (Å²) in [6.45, 7) is 2.26. The molecule has 6 nitrogen and oxygen atoms in total. The van der Waals surface area contributed by atoms with Gasteiger partial charge in [-0.3, -0.25) is 10.1 Å². The van der Waals surface area contributed by atoms with Crippen LogP contribution in [0, 0.1) is 0 Å². The Balaban J connectivity index is 2.02. The van der Waals surface area contributed by atoms with Gasteiger partial charge in [0.1, 0.15) is 12.3 Å². The smallest absolute Gasteiger partial charge is 0.325 e. The van der Waals surface area contributed by atoms with Crippen molar-refractivity contribution < 1.29 is 14.0 Å². The third-order valence-electron chi connectivity index (χ3n) is 2.14. The maximum absolute atomic E-state index is 11.2. The van der Waals surface area contributed by atoms with Crippen LogP contribution < -0.4 is 5.32 Å². The highest BCUT2D eigenvalue weighted by atomic mass is 16.4. The molecule has 6 heteroatoms. The first-order valence-corrected chi connectivity index (χ1v) is 4.71. The Bertz CT molecular complexity index is 399. The van der Waals surface area contributed by atoms with Gasteiger partial charge in [-0.25, -0.2) is 9.78 Å². The number of rotatable bonds is 3. The number of oxazole rings is 1. The molecule has 1 N–H and O–H groups in total. The van der Waals surface area contributed by atoms with Crippen LogP contribution in [0.15, 0.2) is 10.6 Å². The lowest BCUT2D eigenvalue weighted by Gasteiger charge is -2.09. The molecule has 0 unspecified atom stereocenters. The van der Waals surface area contributed by atoms with Gasteiger partial charge < -0.3 is 9.32 Å². The number of aromatic nitrogens is 1. The van der Waals surface area contributed by atoms with E-state index in [1.165, 1.54) is 4.90 Å².